The van der Waals surface area contributed by atoms with Gasteiger partial charge in [-0.05, 0) is 11.6 Å². The number of hydrogen-bond acceptors (Lipinski definition) is 5. The fraction of sp³-hybridized carbons (Fsp3) is 0.316. The van der Waals surface area contributed by atoms with Crippen LogP contribution in [0.15, 0.2) is 42.5 Å². The molecule has 0 aliphatic carbocycles. The molecule has 1 amide bonds. The first-order valence-corrected chi connectivity index (χ1v) is 7.95. The molecular formula is C19H25ClN2O4. The van der Waals surface area contributed by atoms with E-state index in [1.54, 1.807) is 33.5 Å². The Labute approximate surface area is 160 Å². The van der Waals surface area contributed by atoms with Crippen LogP contribution in [-0.4, -0.2) is 27.2 Å². The molecule has 2 aromatic rings. The second-order valence-corrected chi connectivity index (χ2v) is 5.52. The molecule has 0 fully saturated rings. The average Bonchev–Trinajstić information content (AvgIpc) is 2.66. The summed E-state index contributed by atoms with van der Waals surface area (Å²) in [4.78, 5) is 12.2. The maximum atomic E-state index is 12.2. The predicted molar refractivity (Wildman–Crippen MR) is 103 cm³/mol. The normalized spacial score (nSPS) is 11.1. The maximum Gasteiger partial charge on any atom is 0.222 e. The highest BCUT2D eigenvalue weighted by atomic mass is 35.5. The number of carbonyl (C=O) groups excluding carboxylic acids is 1. The van der Waals surface area contributed by atoms with Gasteiger partial charge in [-0.1, -0.05) is 30.3 Å². The fourth-order valence-corrected chi connectivity index (χ4v) is 2.51. The average molecular weight is 381 g/mol. The Hall–Kier alpha value is -2.44. The third-order valence-electron chi connectivity index (χ3n) is 3.90. The lowest BCUT2D eigenvalue weighted by atomic mass is 10.0. The zero-order valence-corrected chi connectivity index (χ0v) is 16.0. The van der Waals surface area contributed by atoms with Gasteiger partial charge in [0.1, 0.15) is 5.75 Å². The Bertz CT molecular complexity index is 710. The largest absolute Gasteiger partial charge is 0.496 e. The van der Waals surface area contributed by atoms with E-state index in [-0.39, 0.29) is 30.8 Å². The monoisotopic (exact) mass is 380 g/mol. The molecule has 26 heavy (non-hydrogen) atoms. The van der Waals surface area contributed by atoms with E-state index in [1.165, 1.54) is 0 Å². The first-order chi connectivity index (χ1) is 12.1. The third kappa shape index (κ3) is 5.54. The fourth-order valence-electron chi connectivity index (χ4n) is 2.51. The molecule has 0 heterocycles. The second-order valence-electron chi connectivity index (χ2n) is 5.52. The van der Waals surface area contributed by atoms with E-state index < -0.39 is 0 Å². The number of rotatable bonds is 8. The molecule has 0 aliphatic heterocycles. The van der Waals surface area contributed by atoms with Crippen molar-refractivity contribution in [2.24, 2.45) is 5.73 Å². The number of carbonyl (C=O) groups is 1. The van der Waals surface area contributed by atoms with Crippen LogP contribution in [-0.2, 0) is 11.3 Å². The minimum atomic E-state index is -0.339. The summed E-state index contributed by atoms with van der Waals surface area (Å²) in [6, 6.07) is 12.7. The van der Waals surface area contributed by atoms with Crippen LogP contribution in [0.2, 0.25) is 0 Å². The molecule has 3 N–H and O–H groups in total. The van der Waals surface area contributed by atoms with Crippen molar-refractivity contribution in [2.75, 3.05) is 21.3 Å². The molecule has 0 aromatic heterocycles. The summed E-state index contributed by atoms with van der Waals surface area (Å²) in [6.45, 7) is 0.309. The van der Waals surface area contributed by atoms with E-state index in [0.29, 0.717) is 23.8 Å². The molecule has 7 heteroatoms. The van der Waals surface area contributed by atoms with Gasteiger partial charge in [-0.15, -0.1) is 12.4 Å². The van der Waals surface area contributed by atoms with Crippen LogP contribution in [0.3, 0.4) is 0 Å². The minimum absolute atomic E-state index is 0. The highest BCUT2D eigenvalue weighted by Gasteiger charge is 2.14. The van der Waals surface area contributed by atoms with Crippen LogP contribution in [0.1, 0.15) is 23.6 Å². The highest BCUT2D eigenvalue weighted by molar-refractivity contribution is 5.85. The number of nitrogens with two attached hydrogens (primary N) is 1. The van der Waals surface area contributed by atoms with Crippen molar-refractivity contribution >= 4 is 18.3 Å². The van der Waals surface area contributed by atoms with Crippen LogP contribution in [0.5, 0.6) is 17.2 Å². The van der Waals surface area contributed by atoms with Crippen molar-refractivity contribution in [3.63, 3.8) is 0 Å². The lowest BCUT2D eigenvalue weighted by molar-refractivity contribution is -0.121. The quantitative estimate of drug-likeness (QED) is 0.735. The zero-order valence-electron chi connectivity index (χ0n) is 15.2. The number of hydrogen-bond donors (Lipinski definition) is 2. The molecular weight excluding hydrogens is 356 g/mol. The summed E-state index contributed by atoms with van der Waals surface area (Å²) >= 11 is 0. The number of amides is 1. The number of ether oxygens (including phenoxy) is 3. The van der Waals surface area contributed by atoms with E-state index >= 15 is 0 Å². The maximum absolute atomic E-state index is 12.2. The molecule has 0 radical (unpaired) electrons. The summed E-state index contributed by atoms with van der Waals surface area (Å²) in [5.74, 6) is 1.63. The SMILES string of the molecule is COc1cc(OC)c(OC)cc1CNC(=O)CC(N)c1ccccc1.Cl. The highest BCUT2D eigenvalue weighted by Crippen LogP contribution is 2.34. The molecule has 2 aromatic carbocycles. The summed E-state index contributed by atoms with van der Waals surface area (Å²) < 4.78 is 15.9. The van der Waals surface area contributed by atoms with Gasteiger partial charge >= 0.3 is 0 Å². The Balaban J connectivity index is 0.00000338. The van der Waals surface area contributed by atoms with Crippen LogP contribution in [0.25, 0.3) is 0 Å². The number of methoxy groups -OCH3 is 3. The molecule has 0 aliphatic rings. The summed E-state index contributed by atoms with van der Waals surface area (Å²) in [5, 5.41) is 2.87. The summed E-state index contributed by atoms with van der Waals surface area (Å²) in [7, 11) is 4.69. The molecule has 0 saturated heterocycles. The predicted octanol–water partition coefficient (Wildman–Crippen LogP) is 2.84. The van der Waals surface area contributed by atoms with Gasteiger partial charge in [0.05, 0.1) is 21.3 Å². The molecule has 0 bridgehead atoms. The number of halogens is 1. The number of nitrogens with one attached hydrogen (secondary N) is 1. The van der Waals surface area contributed by atoms with Crippen molar-refractivity contribution in [1.29, 1.82) is 0 Å². The van der Waals surface area contributed by atoms with Crippen LogP contribution >= 0.6 is 12.4 Å². The van der Waals surface area contributed by atoms with Gasteiger partial charge in [-0.3, -0.25) is 4.79 Å². The van der Waals surface area contributed by atoms with E-state index in [2.05, 4.69) is 5.32 Å². The van der Waals surface area contributed by atoms with Crippen molar-refractivity contribution in [3.8, 4) is 17.2 Å². The van der Waals surface area contributed by atoms with Crippen molar-refractivity contribution in [2.45, 2.75) is 19.0 Å². The lowest BCUT2D eigenvalue weighted by Gasteiger charge is -2.15. The molecule has 1 atom stereocenters. The second kappa shape index (κ2) is 10.5. The van der Waals surface area contributed by atoms with Gasteiger partial charge in [0.2, 0.25) is 5.91 Å². The standard InChI is InChI=1S/C19H24N2O4.ClH/c1-23-16-11-18(25-3)17(24-2)9-14(16)12-21-19(22)10-15(20)13-7-5-4-6-8-13;/h4-9,11,15H,10,12,20H2,1-3H3,(H,21,22);1H. The van der Waals surface area contributed by atoms with Gasteiger partial charge in [0.15, 0.2) is 11.5 Å². The van der Waals surface area contributed by atoms with Crippen LogP contribution in [0, 0.1) is 0 Å². The molecule has 2 rings (SSSR count). The summed E-state index contributed by atoms with van der Waals surface area (Å²) in [5.41, 5.74) is 7.81. The molecule has 0 saturated carbocycles. The summed E-state index contributed by atoms with van der Waals surface area (Å²) in [6.07, 6.45) is 0.208. The van der Waals surface area contributed by atoms with Crippen molar-refractivity contribution in [1.82, 2.24) is 5.32 Å². The number of benzene rings is 2. The van der Waals surface area contributed by atoms with Crippen molar-refractivity contribution in [3.05, 3.63) is 53.6 Å². The zero-order chi connectivity index (χ0) is 18.2. The van der Waals surface area contributed by atoms with Gasteiger partial charge < -0.3 is 25.3 Å². The first-order valence-electron chi connectivity index (χ1n) is 7.95. The smallest absolute Gasteiger partial charge is 0.222 e. The molecule has 6 nitrogen and oxygen atoms in total. The Morgan fingerprint density at radius 3 is 2.15 bits per heavy atom. The molecule has 0 spiro atoms. The topological polar surface area (TPSA) is 82.8 Å². The van der Waals surface area contributed by atoms with Gasteiger partial charge in [-0.2, -0.15) is 0 Å². The third-order valence-corrected chi connectivity index (χ3v) is 3.90. The van der Waals surface area contributed by atoms with Crippen LogP contribution in [0.4, 0.5) is 0 Å². The Morgan fingerprint density at radius 1 is 1.00 bits per heavy atom. The van der Waals surface area contributed by atoms with Gasteiger partial charge in [0, 0.05) is 30.6 Å². The van der Waals surface area contributed by atoms with Gasteiger partial charge in [-0.25, -0.2) is 0 Å². The Morgan fingerprint density at radius 2 is 1.58 bits per heavy atom. The van der Waals surface area contributed by atoms with E-state index in [0.717, 1.165) is 11.1 Å². The molecule has 1 unspecified atom stereocenters. The van der Waals surface area contributed by atoms with Crippen molar-refractivity contribution < 1.29 is 19.0 Å². The van der Waals surface area contributed by atoms with Crippen LogP contribution < -0.4 is 25.3 Å². The van der Waals surface area contributed by atoms with E-state index in [9.17, 15) is 4.79 Å². The lowest BCUT2D eigenvalue weighted by Crippen LogP contribution is -2.27. The Kier molecular flexibility index (Phi) is 8.75. The van der Waals surface area contributed by atoms with E-state index in [4.69, 9.17) is 19.9 Å². The first kappa shape index (κ1) is 21.6. The van der Waals surface area contributed by atoms with E-state index in [1.807, 2.05) is 30.3 Å². The minimum Gasteiger partial charge on any atom is -0.496 e. The van der Waals surface area contributed by atoms with Gasteiger partial charge in [0.25, 0.3) is 0 Å². The molecule has 142 valence electrons.